The molecule has 0 unspecified atom stereocenters. The SMILES string of the molecule is Cc1ccc2c(=O)n(Cc3cccc(C#N)c3)ccc2c1. The molecule has 3 nitrogen and oxygen atoms in total. The Bertz CT molecular complexity index is 916. The monoisotopic (exact) mass is 274 g/mol. The molecule has 0 aliphatic heterocycles. The van der Waals surface area contributed by atoms with E-state index < -0.39 is 0 Å². The summed E-state index contributed by atoms with van der Waals surface area (Å²) in [5, 5.41) is 10.6. The Morgan fingerprint density at radius 3 is 2.81 bits per heavy atom. The molecular weight excluding hydrogens is 260 g/mol. The van der Waals surface area contributed by atoms with Gasteiger partial charge >= 0.3 is 0 Å². The number of aryl methyl sites for hydroxylation is 1. The standard InChI is InChI=1S/C18H14N2O/c1-13-5-6-17-16(9-13)7-8-20(18(17)21)12-15-4-2-3-14(10-15)11-19/h2-10H,12H2,1H3. The molecule has 3 heteroatoms. The number of benzene rings is 2. The fourth-order valence-electron chi connectivity index (χ4n) is 2.47. The van der Waals surface area contributed by atoms with Crippen molar-refractivity contribution in [2.24, 2.45) is 0 Å². The van der Waals surface area contributed by atoms with Gasteiger partial charge in [-0.1, -0.05) is 29.8 Å². The zero-order valence-corrected chi connectivity index (χ0v) is 11.7. The average molecular weight is 274 g/mol. The Kier molecular flexibility index (Phi) is 3.29. The maximum absolute atomic E-state index is 12.5. The lowest BCUT2D eigenvalue weighted by Gasteiger charge is -2.08. The summed E-state index contributed by atoms with van der Waals surface area (Å²) in [4.78, 5) is 12.5. The van der Waals surface area contributed by atoms with Crippen LogP contribution in [0.25, 0.3) is 10.8 Å². The second-order valence-electron chi connectivity index (χ2n) is 5.15. The van der Waals surface area contributed by atoms with Gasteiger partial charge in [-0.15, -0.1) is 0 Å². The molecule has 0 radical (unpaired) electrons. The van der Waals surface area contributed by atoms with Crippen molar-refractivity contribution in [3.05, 3.63) is 81.8 Å². The summed E-state index contributed by atoms with van der Waals surface area (Å²) in [5.41, 5.74) is 2.69. The smallest absolute Gasteiger partial charge is 0.258 e. The minimum absolute atomic E-state index is 0.00476. The van der Waals surface area contributed by atoms with E-state index in [9.17, 15) is 4.79 Å². The highest BCUT2D eigenvalue weighted by Gasteiger charge is 2.04. The van der Waals surface area contributed by atoms with Gasteiger partial charge in [0, 0.05) is 11.6 Å². The lowest BCUT2D eigenvalue weighted by Crippen LogP contribution is -2.20. The van der Waals surface area contributed by atoms with E-state index in [-0.39, 0.29) is 5.56 Å². The second kappa shape index (κ2) is 5.26. The summed E-state index contributed by atoms with van der Waals surface area (Å²) in [5.74, 6) is 0. The largest absolute Gasteiger partial charge is 0.311 e. The zero-order chi connectivity index (χ0) is 14.8. The molecule has 0 saturated heterocycles. The Morgan fingerprint density at radius 2 is 2.00 bits per heavy atom. The topological polar surface area (TPSA) is 45.8 Å². The molecule has 3 rings (SSSR count). The first kappa shape index (κ1) is 13.1. The van der Waals surface area contributed by atoms with Gasteiger partial charge in [-0.25, -0.2) is 0 Å². The van der Waals surface area contributed by atoms with E-state index in [1.807, 2.05) is 55.6 Å². The van der Waals surface area contributed by atoms with Gasteiger partial charge in [-0.2, -0.15) is 5.26 Å². The van der Waals surface area contributed by atoms with Gasteiger partial charge in [0.2, 0.25) is 0 Å². The summed E-state index contributed by atoms with van der Waals surface area (Å²) in [6.45, 7) is 2.48. The number of fused-ring (bicyclic) bond motifs is 1. The molecule has 0 bridgehead atoms. The van der Waals surface area contributed by atoms with Crippen LogP contribution in [0.1, 0.15) is 16.7 Å². The molecule has 0 aliphatic carbocycles. The molecule has 21 heavy (non-hydrogen) atoms. The van der Waals surface area contributed by atoms with Crippen molar-refractivity contribution < 1.29 is 0 Å². The number of nitriles is 1. The van der Waals surface area contributed by atoms with Crippen LogP contribution in [0, 0.1) is 18.3 Å². The quantitative estimate of drug-likeness (QED) is 0.720. The van der Waals surface area contributed by atoms with Crippen LogP contribution in [0.4, 0.5) is 0 Å². The molecule has 0 aliphatic rings. The van der Waals surface area contributed by atoms with Crippen molar-refractivity contribution in [2.75, 3.05) is 0 Å². The molecule has 102 valence electrons. The molecule has 0 fully saturated rings. The van der Waals surface area contributed by atoms with Crippen LogP contribution in [0.5, 0.6) is 0 Å². The molecule has 0 saturated carbocycles. The molecule has 1 aromatic heterocycles. The van der Waals surface area contributed by atoms with E-state index >= 15 is 0 Å². The molecule has 2 aromatic carbocycles. The van der Waals surface area contributed by atoms with E-state index in [1.165, 1.54) is 0 Å². The number of rotatable bonds is 2. The van der Waals surface area contributed by atoms with E-state index in [4.69, 9.17) is 5.26 Å². The van der Waals surface area contributed by atoms with Gasteiger partial charge in [0.15, 0.2) is 0 Å². The Balaban J connectivity index is 2.05. The third-order valence-corrected chi connectivity index (χ3v) is 3.54. The van der Waals surface area contributed by atoms with Gasteiger partial charge < -0.3 is 4.57 Å². The summed E-state index contributed by atoms with van der Waals surface area (Å²) in [6, 6.07) is 17.2. The first-order chi connectivity index (χ1) is 10.2. The van der Waals surface area contributed by atoms with E-state index in [0.29, 0.717) is 12.1 Å². The van der Waals surface area contributed by atoms with Crippen molar-refractivity contribution in [2.45, 2.75) is 13.5 Å². The number of pyridine rings is 1. The van der Waals surface area contributed by atoms with Crippen molar-refractivity contribution in [1.29, 1.82) is 5.26 Å². The maximum atomic E-state index is 12.5. The maximum Gasteiger partial charge on any atom is 0.258 e. The summed E-state index contributed by atoms with van der Waals surface area (Å²) < 4.78 is 1.67. The first-order valence-electron chi connectivity index (χ1n) is 6.76. The third kappa shape index (κ3) is 2.56. The lowest BCUT2D eigenvalue weighted by molar-refractivity contribution is 0.768. The Morgan fingerprint density at radius 1 is 1.14 bits per heavy atom. The normalized spacial score (nSPS) is 10.5. The predicted molar refractivity (Wildman–Crippen MR) is 83.2 cm³/mol. The van der Waals surface area contributed by atoms with Crippen molar-refractivity contribution in [3.63, 3.8) is 0 Å². The highest BCUT2D eigenvalue weighted by molar-refractivity contribution is 5.82. The first-order valence-corrected chi connectivity index (χ1v) is 6.76. The van der Waals surface area contributed by atoms with Gasteiger partial charge in [-0.3, -0.25) is 4.79 Å². The summed E-state index contributed by atoms with van der Waals surface area (Å²) >= 11 is 0. The number of aromatic nitrogens is 1. The molecule has 0 atom stereocenters. The van der Waals surface area contributed by atoms with Gasteiger partial charge in [0.05, 0.1) is 18.2 Å². The highest BCUT2D eigenvalue weighted by Crippen LogP contribution is 2.12. The Hall–Kier alpha value is -2.86. The van der Waals surface area contributed by atoms with Crippen LogP contribution in [0.3, 0.4) is 0 Å². The molecule has 1 heterocycles. The van der Waals surface area contributed by atoms with Crippen LogP contribution in [0.2, 0.25) is 0 Å². The number of nitrogens with zero attached hydrogens (tertiary/aromatic N) is 2. The fraction of sp³-hybridized carbons (Fsp3) is 0.111. The van der Waals surface area contributed by atoms with E-state index in [1.54, 1.807) is 10.6 Å². The average Bonchev–Trinajstić information content (AvgIpc) is 2.50. The van der Waals surface area contributed by atoms with E-state index in [0.717, 1.165) is 21.9 Å². The highest BCUT2D eigenvalue weighted by atomic mass is 16.1. The number of hydrogen-bond donors (Lipinski definition) is 0. The predicted octanol–water partition coefficient (Wildman–Crippen LogP) is 3.23. The molecule has 0 amide bonds. The fourth-order valence-corrected chi connectivity index (χ4v) is 2.47. The summed E-state index contributed by atoms with van der Waals surface area (Å²) in [6.07, 6.45) is 1.81. The van der Waals surface area contributed by atoms with Gasteiger partial charge in [0.25, 0.3) is 5.56 Å². The minimum atomic E-state index is -0.00476. The van der Waals surface area contributed by atoms with Crippen LogP contribution < -0.4 is 5.56 Å². The van der Waals surface area contributed by atoms with Crippen LogP contribution in [-0.2, 0) is 6.54 Å². The van der Waals surface area contributed by atoms with Gasteiger partial charge in [0.1, 0.15) is 0 Å². The second-order valence-corrected chi connectivity index (χ2v) is 5.15. The summed E-state index contributed by atoms with van der Waals surface area (Å²) in [7, 11) is 0. The third-order valence-electron chi connectivity index (χ3n) is 3.54. The number of hydrogen-bond acceptors (Lipinski definition) is 2. The molecular formula is C18H14N2O. The minimum Gasteiger partial charge on any atom is -0.311 e. The molecule has 3 aromatic rings. The van der Waals surface area contributed by atoms with Crippen LogP contribution >= 0.6 is 0 Å². The Labute approximate surface area is 122 Å². The van der Waals surface area contributed by atoms with Crippen molar-refractivity contribution in [3.8, 4) is 6.07 Å². The van der Waals surface area contributed by atoms with Gasteiger partial charge in [-0.05, 0) is 42.1 Å². The van der Waals surface area contributed by atoms with Crippen LogP contribution in [-0.4, -0.2) is 4.57 Å². The molecule has 0 spiro atoms. The van der Waals surface area contributed by atoms with Crippen LogP contribution in [0.15, 0.2) is 59.5 Å². The van der Waals surface area contributed by atoms with Crippen molar-refractivity contribution in [1.82, 2.24) is 4.57 Å². The molecule has 0 N–H and O–H groups in total. The lowest BCUT2D eigenvalue weighted by atomic mass is 10.1. The van der Waals surface area contributed by atoms with Crippen molar-refractivity contribution >= 4 is 10.8 Å². The zero-order valence-electron chi connectivity index (χ0n) is 11.7. The van der Waals surface area contributed by atoms with E-state index in [2.05, 4.69) is 6.07 Å².